The smallest absolute Gasteiger partial charge is 0.0242 e. The van der Waals surface area contributed by atoms with Crippen molar-refractivity contribution < 1.29 is 0 Å². The summed E-state index contributed by atoms with van der Waals surface area (Å²) in [5.41, 5.74) is 0. The van der Waals surface area contributed by atoms with E-state index in [4.69, 9.17) is 0 Å². The van der Waals surface area contributed by atoms with E-state index in [1.807, 2.05) is 0 Å². The van der Waals surface area contributed by atoms with Crippen LogP contribution in [0, 0.1) is 0 Å². The highest BCUT2D eigenvalue weighted by Crippen LogP contribution is 2.69. The summed E-state index contributed by atoms with van der Waals surface area (Å²) in [4.78, 5) is 0. The maximum absolute atomic E-state index is 2.48. The van der Waals surface area contributed by atoms with Gasteiger partial charge in [0.2, 0.25) is 0 Å². The van der Waals surface area contributed by atoms with E-state index < -0.39 is 0 Å². The Bertz CT molecular complexity index is 226. The van der Waals surface area contributed by atoms with Crippen molar-refractivity contribution in [2.45, 2.75) is 104 Å². The van der Waals surface area contributed by atoms with Crippen molar-refractivity contribution in [2.75, 3.05) is 0 Å². The van der Waals surface area contributed by atoms with Crippen LogP contribution in [0.4, 0.5) is 0 Å². The fourth-order valence-corrected chi connectivity index (χ4v) is 18.6. The third kappa shape index (κ3) is 6.48. The van der Waals surface area contributed by atoms with Gasteiger partial charge >= 0.3 is 0 Å². The SMILES string of the molecule is CC(C)(C)P([BH2-]P(C(C)(C)C)C(C)(C)C)C(C)(C)C. The molecule has 0 aliphatic rings. The minimum absolute atomic E-state index is 0.102. The summed E-state index contributed by atoms with van der Waals surface area (Å²) in [6.45, 7) is 29.8. The fourth-order valence-electron chi connectivity index (χ4n) is 3.41. The predicted molar refractivity (Wildman–Crippen MR) is 101 cm³/mol. The van der Waals surface area contributed by atoms with Crippen LogP contribution in [0.25, 0.3) is 0 Å². The molecule has 0 saturated carbocycles. The molecule has 0 rings (SSSR count). The second kappa shape index (κ2) is 5.97. The zero-order chi connectivity index (χ0) is 15.9. The van der Waals surface area contributed by atoms with Gasteiger partial charge in [-0.15, -0.1) is 0 Å². The van der Waals surface area contributed by atoms with Gasteiger partial charge in [0.15, 0.2) is 0 Å². The Morgan fingerprint density at radius 2 is 0.579 bits per heavy atom. The monoisotopic (exact) mass is 303 g/mol. The molecular weight excluding hydrogens is 265 g/mol. The summed E-state index contributed by atoms with van der Waals surface area (Å²) in [5, 5.41) is 2.02. The molecule has 116 valence electrons. The molecule has 0 nitrogen and oxygen atoms in total. The van der Waals surface area contributed by atoms with Crippen molar-refractivity contribution in [1.29, 1.82) is 0 Å². The largest absolute Gasteiger partial charge is 0.267 e. The van der Waals surface area contributed by atoms with Gasteiger partial charge in [-0.1, -0.05) is 104 Å². The van der Waals surface area contributed by atoms with Crippen molar-refractivity contribution in [3.05, 3.63) is 0 Å². The van der Waals surface area contributed by atoms with Crippen LogP contribution in [0.3, 0.4) is 0 Å². The van der Waals surface area contributed by atoms with Crippen LogP contribution in [0.1, 0.15) is 83.1 Å². The van der Waals surface area contributed by atoms with Crippen molar-refractivity contribution in [1.82, 2.24) is 0 Å². The predicted octanol–water partition coefficient (Wildman–Crippen LogP) is 6.14. The van der Waals surface area contributed by atoms with E-state index in [0.717, 1.165) is 0 Å². The van der Waals surface area contributed by atoms with Crippen molar-refractivity contribution >= 4 is 22.3 Å². The Morgan fingerprint density at radius 3 is 0.684 bits per heavy atom. The minimum Gasteiger partial charge on any atom is -0.267 e. The number of hydrogen-bond donors (Lipinski definition) is 0. The third-order valence-electron chi connectivity index (χ3n) is 4.42. The average Bonchev–Trinajstić information content (AvgIpc) is 1.91. The van der Waals surface area contributed by atoms with Gasteiger partial charge in [0.25, 0.3) is 0 Å². The lowest BCUT2D eigenvalue weighted by Gasteiger charge is -2.56. The molecule has 0 aliphatic heterocycles. The van der Waals surface area contributed by atoms with Gasteiger partial charge in [-0.2, -0.15) is 0 Å². The van der Waals surface area contributed by atoms with E-state index in [1.165, 1.54) is 0 Å². The van der Waals surface area contributed by atoms with Crippen LogP contribution < -0.4 is 0 Å². The normalized spacial score (nSPS) is 15.5. The van der Waals surface area contributed by atoms with Crippen LogP contribution in [0.5, 0.6) is 0 Å². The second-order valence-corrected chi connectivity index (χ2v) is 19.2. The molecule has 0 unspecified atom stereocenters. The van der Waals surface area contributed by atoms with Crippen LogP contribution in [0.2, 0.25) is 0 Å². The minimum atomic E-state index is 0.102. The lowest BCUT2D eigenvalue weighted by molar-refractivity contribution is 0.714. The Balaban J connectivity index is 5.43. The molecule has 3 heteroatoms. The Kier molecular flexibility index (Phi) is 6.26. The summed E-state index contributed by atoms with van der Waals surface area (Å²) in [6.07, 6.45) is 0. The summed E-state index contributed by atoms with van der Waals surface area (Å²) in [5.74, 6) is 0. The zero-order valence-electron chi connectivity index (χ0n) is 15.9. The molecule has 0 N–H and O–H groups in total. The molecule has 0 radical (unpaired) electrons. The maximum Gasteiger partial charge on any atom is 0.0242 e. The van der Waals surface area contributed by atoms with Gasteiger partial charge in [0.1, 0.15) is 0 Å². The van der Waals surface area contributed by atoms with Gasteiger partial charge < -0.3 is 0 Å². The fraction of sp³-hybridized carbons (Fsp3) is 1.00. The van der Waals surface area contributed by atoms with E-state index in [0.29, 0.717) is 20.6 Å². The summed E-state index contributed by atoms with van der Waals surface area (Å²) < 4.78 is 0. The lowest BCUT2D eigenvalue weighted by atomic mass is 10.2. The summed E-state index contributed by atoms with van der Waals surface area (Å²) in [7, 11) is 0.286. The van der Waals surface area contributed by atoms with E-state index in [1.54, 1.807) is 0 Å². The van der Waals surface area contributed by atoms with Crippen molar-refractivity contribution in [3.63, 3.8) is 0 Å². The van der Waals surface area contributed by atoms with Gasteiger partial charge in [-0.3, -0.25) is 15.6 Å². The second-order valence-electron chi connectivity index (χ2n) is 10.0. The van der Waals surface area contributed by atoms with Gasteiger partial charge in [-0.05, 0) is 0 Å². The Morgan fingerprint density at radius 1 is 0.421 bits per heavy atom. The van der Waals surface area contributed by atoms with Crippen LogP contribution >= 0.6 is 15.6 Å². The van der Waals surface area contributed by atoms with E-state index in [-0.39, 0.29) is 22.3 Å². The number of hydrogen-bond acceptors (Lipinski definition) is 0. The molecule has 0 saturated heterocycles. The molecule has 0 heterocycles. The van der Waals surface area contributed by atoms with Crippen molar-refractivity contribution in [3.8, 4) is 0 Å². The first kappa shape index (κ1) is 19.9. The number of rotatable bonds is 2. The quantitative estimate of drug-likeness (QED) is 0.424. The van der Waals surface area contributed by atoms with Gasteiger partial charge in [-0.25, -0.2) is 0 Å². The van der Waals surface area contributed by atoms with Crippen LogP contribution in [0.15, 0.2) is 0 Å². The topological polar surface area (TPSA) is 0 Å². The molecule has 0 aliphatic carbocycles. The molecule has 0 spiro atoms. The van der Waals surface area contributed by atoms with E-state index in [9.17, 15) is 0 Å². The average molecular weight is 303 g/mol. The Hall–Kier alpha value is 0.925. The molecule has 0 fully saturated rings. The van der Waals surface area contributed by atoms with Gasteiger partial charge in [0.05, 0.1) is 0 Å². The zero-order valence-corrected chi connectivity index (χ0v) is 17.7. The molecule has 19 heavy (non-hydrogen) atoms. The highest BCUT2D eigenvalue weighted by Gasteiger charge is 2.35. The van der Waals surface area contributed by atoms with Crippen LogP contribution in [-0.2, 0) is 0 Å². The Labute approximate surface area is 126 Å². The summed E-state index contributed by atoms with van der Waals surface area (Å²) in [6, 6.07) is 0. The molecule has 0 aromatic heterocycles. The molecule has 0 bridgehead atoms. The molecule has 0 amide bonds. The maximum atomic E-state index is 2.48. The van der Waals surface area contributed by atoms with Crippen molar-refractivity contribution in [2.24, 2.45) is 0 Å². The highest BCUT2D eigenvalue weighted by atomic mass is 31.2. The van der Waals surface area contributed by atoms with Gasteiger partial charge in [0, 0.05) is 6.72 Å². The molecule has 0 aromatic carbocycles. The molecular formula is C16H38BP2-. The lowest BCUT2D eigenvalue weighted by Crippen LogP contribution is -2.33. The highest BCUT2D eigenvalue weighted by molar-refractivity contribution is 8.16. The van der Waals surface area contributed by atoms with E-state index >= 15 is 0 Å². The third-order valence-corrected chi connectivity index (χ3v) is 15.7. The molecule has 0 aromatic rings. The summed E-state index contributed by atoms with van der Waals surface area (Å²) >= 11 is 0. The first-order chi connectivity index (χ1) is 7.97. The van der Waals surface area contributed by atoms with E-state index in [2.05, 4.69) is 83.1 Å². The standard InChI is InChI=1S/C16H38BP2/c1-13(2,3)18(14(4,5)6)17-19(15(7,8)9)16(10,11)12/h17H2,1-12H3/q-1. The first-order valence-corrected chi connectivity index (χ1v) is 11.4. The molecule has 0 atom stereocenters. The first-order valence-electron chi connectivity index (χ1n) is 7.79. The van der Waals surface area contributed by atoms with Crippen LogP contribution in [-0.4, -0.2) is 27.3 Å².